The third-order valence-electron chi connectivity index (χ3n) is 2.94. The van der Waals surface area contributed by atoms with E-state index >= 15 is 0 Å². The molecular weight excluding hydrogens is 307 g/mol. The molecule has 0 saturated carbocycles. The van der Waals surface area contributed by atoms with Gasteiger partial charge < -0.3 is 10.2 Å². The third kappa shape index (κ3) is 4.15. The van der Waals surface area contributed by atoms with Gasteiger partial charge in [-0.05, 0) is 31.2 Å². The van der Waals surface area contributed by atoms with E-state index in [9.17, 15) is 4.39 Å². The maximum Gasteiger partial charge on any atom is 0.208 e. The van der Waals surface area contributed by atoms with Gasteiger partial charge in [0.25, 0.3) is 0 Å². The van der Waals surface area contributed by atoms with E-state index in [4.69, 9.17) is 0 Å². The average Bonchev–Trinajstić information content (AvgIpc) is 2.90. The second-order valence-corrected chi connectivity index (χ2v) is 7.06. The maximum atomic E-state index is 14.2. The molecule has 0 radical (unpaired) electrons. The van der Waals surface area contributed by atoms with Crippen molar-refractivity contribution in [2.45, 2.75) is 29.1 Å². The molecular formula is C14H19FN4S2. The highest BCUT2D eigenvalue weighted by Gasteiger charge is 2.12. The lowest BCUT2D eigenvalue weighted by molar-refractivity contribution is 0.572. The van der Waals surface area contributed by atoms with Crippen molar-refractivity contribution < 1.29 is 4.39 Å². The van der Waals surface area contributed by atoms with Crippen molar-refractivity contribution in [3.63, 3.8) is 0 Å². The van der Waals surface area contributed by atoms with Crippen molar-refractivity contribution >= 4 is 28.2 Å². The highest BCUT2D eigenvalue weighted by Crippen LogP contribution is 2.34. The van der Waals surface area contributed by atoms with Gasteiger partial charge in [-0.1, -0.05) is 36.1 Å². The minimum absolute atomic E-state index is 0.144. The topological polar surface area (TPSA) is 41.1 Å². The highest BCUT2D eigenvalue weighted by molar-refractivity contribution is 8.01. The first-order valence-corrected chi connectivity index (χ1v) is 8.36. The Bertz CT molecular complexity index is 600. The summed E-state index contributed by atoms with van der Waals surface area (Å²) in [5.41, 5.74) is 0.949. The van der Waals surface area contributed by atoms with Crippen LogP contribution in [0.2, 0.25) is 0 Å². The lowest BCUT2D eigenvalue weighted by Gasteiger charge is -2.13. The van der Waals surface area contributed by atoms with Crippen LogP contribution in [-0.2, 0) is 0 Å². The Morgan fingerprint density at radius 1 is 1.38 bits per heavy atom. The SMILES string of the molecule is CCNC(C)c1ccc(Sc2nnc(N(C)C)s2)c(F)c1. The summed E-state index contributed by atoms with van der Waals surface area (Å²) in [6.07, 6.45) is 0. The summed E-state index contributed by atoms with van der Waals surface area (Å²) < 4.78 is 14.9. The summed E-state index contributed by atoms with van der Waals surface area (Å²) in [4.78, 5) is 2.46. The number of nitrogens with one attached hydrogen (secondary N) is 1. The van der Waals surface area contributed by atoms with Gasteiger partial charge in [-0.25, -0.2) is 4.39 Å². The fourth-order valence-corrected chi connectivity index (χ4v) is 3.54. The second-order valence-electron chi connectivity index (χ2n) is 4.82. The number of hydrogen-bond acceptors (Lipinski definition) is 6. The van der Waals surface area contributed by atoms with Crippen LogP contribution in [0.4, 0.5) is 9.52 Å². The van der Waals surface area contributed by atoms with Crippen LogP contribution in [0.5, 0.6) is 0 Å². The number of halogens is 1. The van der Waals surface area contributed by atoms with Crippen LogP contribution < -0.4 is 10.2 Å². The first-order chi connectivity index (χ1) is 10.0. The summed E-state index contributed by atoms with van der Waals surface area (Å²) in [5.74, 6) is -0.219. The van der Waals surface area contributed by atoms with Gasteiger partial charge in [-0.3, -0.25) is 0 Å². The molecule has 4 nitrogen and oxygen atoms in total. The molecule has 0 aliphatic heterocycles. The molecule has 1 atom stereocenters. The van der Waals surface area contributed by atoms with Crippen molar-refractivity contribution in [1.82, 2.24) is 15.5 Å². The Morgan fingerprint density at radius 2 is 2.14 bits per heavy atom. The molecule has 0 fully saturated rings. The Balaban J connectivity index is 2.13. The maximum absolute atomic E-state index is 14.2. The van der Waals surface area contributed by atoms with Crippen LogP contribution in [0, 0.1) is 5.82 Å². The molecule has 1 unspecified atom stereocenters. The first kappa shape index (κ1) is 16.2. The van der Waals surface area contributed by atoms with Crippen molar-refractivity contribution in [2.75, 3.05) is 25.5 Å². The molecule has 0 aliphatic rings. The molecule has 0 aliphatic carbocycles. The Labute approximate surface area is 132 Å². The molecule has 0 saturated heterocycles. The van der Waals surface area contributed by atoms with E-state index in [1.165, 1.54) is 23.1 Å². The van der Waals surface area contributed by atoms with Gasteiger partial charge >= 0.3 is 0 Å². The van der Waals surface area contributed by atoms with Crippen LogP contribution in [0.1, 0.15) is 25.5 Å². The fourth-order valence-electron chi connectivity index (χ4n) is 1.81. The van der Waals surface area contributed by atoms with Crippen molar-refractivity contribution in [1.29, 1.82) is 0 Å². The van der Waals surface area contributed by atoms with E-state index in [0.29, 0.717) is 4.90 Å². The highest BCUT2D eigenvalue weighted by atomic mass is 32.2. The Morgan fingerprint density at radius 3 is 2.71 bits per heavy atom. The van der Waals surface area contributed by atoms with Crippen LogP contribution in [0.25, 0.3) is 0 Å². The molecule has 0 spiro atoms. The predicted molar refractivity (Wildman–Crippen MR) is 86.9 cm³/mol. The Kier molecular flexibility index (Phi) is 5.55. The van der Waals surface area contributed by atoms with Crippen molar-refractivity contribution in [3.8, 4) is 0 Å². The fraction of sp³-hybridized carbons (Fsp3) is 0.429. The number of anilines is 1. The lowest BCUT2D eigenvalue weighted by atomic mass is 10.1. The summed E-state index contributed by atoms with van der Waals surface area (Å²) in [7, 11) is 3.82. The van der Waals surface area contributed by atoms with E-state index < -0.39 is 0 Å². The minimum atomic E-state index is -0.219. The molecule has 0 bridgehead atoms. The largest absolute Gasteiger partial charge is 0.353 e. The monoisotopic (exact) mass is 326 g/mol. The number of nitrogens with zero attached hydrogens (tertiary/aromatic N) is 3. The number of aromatic nitrogens is 2. The predicted octanol–water partition coefficient (Wildman–Crippen LogP) is 3.56. The van der Waals surface area contributed by atoms with Crippen molar-refractivity contribution in [3.05, 3.63) is 29.6 Å². The number of hydrogen-bond donors (Lipinski definition) is 1. The number of rotatable bonds is 6. The van der Waals surface area contributed by atoms with Crippen LogP contribution in [0.15, 0.2) is 27.4 Å². The zero-order chi connectivity index (χ0) is 15.4. The lowest BCUT2D eigenvalue weighted by Crippen LogP contribution is -2.17. The summed E-state index contributed by atoms with van der Waals surface area (Å²) >= 11 is 2.76. The smallest absolute Gasteiger partial charge is 0.208 e. The van der Waals surface area contributed by atoms with Gasteiger partial charge in [0.2, 0.25) is 5.13 Å². The summed E-state index contributed by atoms with van der Waals surface area (Å²) in [5, 5.41) is 12.2. The molecule has 1 N–H and O–H groups in total. The van der Waals surface area contributed by atoms with E-state index in [-0.39, 0.29) is 11.9 Å². The Hall–Kier alpha value is -1.18. The van der Waals surface area contributed by atoms with Crippen LogP contribution in [-0.4, -0.2) is 30.8 Å². The molecule has 1 aromatic carbocycles. The van der Waals surface area contributed by atoms with Gasteiger partial charge in [0.1, 0.15) is 5.82 Å². The van der Waals surface area contributed by atoms with Crippen molar-refractivity contribution in [2.24, 2.45) is 0 Å². The van der Waals surface area contributed by atoms with E-state index in [1.54, 1.807) is 12.1 Å². The molecule has 114 valence electrons. The van der Waals surface area contributed by atoms with Gasteiger partial charge in [-0.15, -0.1) is 10.2 Å². The van der Waals surface area contributed by atoms with Gasteiger partial charge in [0.05, 0.1) is 4.90 Å². The molecule has 2 rings (SSSR count). The summed E-state index contributed by atoms with van der Waals surface area (Å²) in [6.45, 7) is 4.92. The van der Waals surface area contributed by atoms with E-state index in [2.05, 4.69) is 15.5 Å². The van der Waals surface area contributed by atoms with E-state index in [1.807, 2.05) is 38.9 Å². The molecule has 21 heavy (non-hydrogen) atoms. The molecule has 2 aromatic rings. The van der Waals surface area contributed by atoms with Crippen LogP contribution >= 0.6 is 23.1 Å². The van der Waals surface area contributed by atoms with Gasteiger partial charge in [0.15, 0.2) is 4.34 Å². The average molecular weight is 326 g/mol. The molecule has 1 heterocycles. The zero-order valence-corrected chi connectivity index (χ0v) is 14.2. The normalized spacial score (nSPS) is 12.4. The first-order valence-electron chi connectivity index (χ1n) is 6.72. The van der Waals surface area contributed by atoms with Gasteiger partial charge in [0, 0.05) is 20.1 Å². The van der Waals surface area contributed by atoms with E-state index in [0.717, 1.165) is 21.6 Å². The molecule has 1 aromatic heterocycles. The molecule has 0 amide bonds. The zero-order valence-electron chi connectivity index (χ0n) is 12.6. The third-order valence-corrected chi connectivity index (χ3v) is 5.13. The van der Waals surface area contributed by atoms with Crippen LogP contribution in [0.3, 0.4) is 0 Å². The summed E-state index contributed by atoms with van der Waals surface area (Å²) in [6, 6.07) is 5.49. The second kappa shape index (κ2) is 7.20. The number of benzene rings is 1. The minimum Gasteiger partial charge on any atom is -0.353 e. The molecule has 7 heteroatoms. The van der Waals surface area contributed by atoms with Gasteiger partial charge in [-0.2, -0.15) is 0 Å². The standard InChI is InChI=1S/C14H19FN4S2/c1-5-16-9(2)10-6-7-12(11(15)8-10)20-14-18-17-13(21-14)19(3)4/h6-9,16H,5H2,1-4H3. The quantitative estimate of drug-likeness (QED) is 0.879.